The molecule has 0 aromatic heterocycles. The average molecular weight is 269 g/mol. The molecule has 2 rings (SSSR count). The zero-order valence-electron chi connectivity index (χ0n) is 12.0. The summed E-state index contributed by atoms with van der Waals surface area (Å²) >= 11 is 0. The van der Waals surface area contributed by atoms with Crippen LogP contribution in [0.2, 0.25) is 0 Å². The Morgan fingerprint density at radius 2 is 2.00 bits per heavy atom. The topological polar surface area (TPSA) is 50.1 Å². The molecule has 104 valence electrons. The van der Waals surface area contributed by atoms with Crippen molar-refractivity contribution >= 4 is 5.78 Å². The van der Waals surface area contributed by atoms with Crippen molar-refractivity contribution in [2.24, 2.45) is 5.41 Å². The molecular formula is C17H19NO2. The van der Waals surface area contributed by atoms with Gasteiger partial charge < -0.3 is 4.74 Å². The summed E-state index contributed by atoms with van der Waals surface area (Å²) in [7, 11) is 0. The summed E-state index contributed by atoms with van der Waals surface area (Å²) in [5, 5.41) is 9.19. The first-order valence-electron chi connectivity index (χ1n) is 6.66. The number of Topliss-reactive ketones (excluding diaryl/α,β-unsaturated/α-hetero) is 1. The SMILES string of the molecule is C=CC1=C(C=C)CC2(C=C(C#N)C(=O)C(C)(C)C2)OC1. The van der Waals surface area contributed by atoms with Crippen LogP contribution in [0, 0.1) is 16.7 Å². The van der Waals surface area contributed by atoms with E-state index in [1.165, 1.54) is 0 Å². The molecule has 1 aliphatic carbocycles. The lowest BCUT2D eigenvalue weighted by atomic mass is 9.67. The zero-order chi connectivity index (χ0) is 15.0. The van der Waals surface area contributed by atoms with E-state index >= 15 is 0 Å². The maximum Gasteiger partial charge on any atom is 0.178 e. The quantitative estimate of drug-likeness (QED) is 0.773. The van der Waals surface area contributed by atoms with Crippen molar-refractivity contribution in [3.05, 3.63) is 48.1 Å². The Hall–Kier alpha value is -1.92. The molecule has 1 atom stereocenters. The second-order valence-corrected chi connectivity index (χ2v) is 6.05. The number of carbonyl (C=O) groups is 1. The average Bonchev–Trinajstić information content (AvgIpc) is 2.42. The minimum Gasteiger partial charge on any atom is -0.366 e. The molecule has 20 heavy (non-hydrogen) atoms. The Kier molecular flexibility index (Phi) is 3.54. The molecule has 1 heterocycles. The number of carbonyl (C=O) groups excluding carboxylic acids is 1. The maximum atomic E-state index is 12.2. The van der Waals surface area contributed by atoms with Gasteiger partial charge in [0.25, 0.3) is 0 Å². The van der Waals surface area contributed by atoms with E-state index in [1.807, 2.05) is 26.0 Å². The lowest BCUT2D eigenvalue weighted by molar-refractivity contribution is -0.129. The van der Waals surface area contributed by atoms with Crippen molar-refractivity contribution in [1.82, 2.24) is 0 Å². The molecule has 2 aliphatic rings. The Balaban J connectivity index is 2.48. The molecule has 0 aromatic carbocycles. The van der Waals surface area contributed by atoms with E-state index < -0.39 is 11.0 Å². The molecule has 0 saturated heterocycles. The molecule has 0 N–H and O–H groups in total. The third-order valence-corrected chi connectivity index (χ3v) is 4.04. The van der Waals surface area contributed by atoms with Gasteiger partial charge in [-0.3, -0.25) is 4.79 Å². The third kappa shape index (κ3) is 2.28. The van der Waals surface area contributed by atoms with Gasteiger partial charge in [-0.2, -0.15) is 5.26 Å². The van der Waals surface area contributed by atoms with E-state index in [1.54, 1.807) is 12.2 Å². The van der Waals surface area contributed by atoms with Crippen LogP contribution in [0.4, 0.5) is 0 Å². The highest BCUT2D eigenvalue weighted by molar-refractivity contribution is 6.03. The molecule has 0 bridgehead atoms. The molecule has 0 aromatic rings. The largest absolute Gasteiger partial charge is 0.366 e. The molecule has 3 heteroatoms. The maximum absolute atomic E-state index is 12.2. The number of rotatable bonds is 2. The smallest absolute Gasteiger partial charge is 0.178 e. The minimum atomic E-state index is -0.586. The Morgan fingerprint density at radius 1 is 1.35 bits per heavy atom. The van der Waals surface area contributed by atoms with E-state index in [0.717, 1.165) is 11.1 Å². The van der Waals surface area contributed by atoms with Crippen LogP contribution in [0.15, 0.2) is 48.1 Å². The molecule has 0 amide bonds. The van der Waals surface area contributed by atoms with Gasteiger partial charge in [-0.15, -0.1) is 0 Å². The Morgan fingerprint density at radius 3 is 2.55 bits per heavy atom. The van der Waals surface area contributed by atoms with Crippen molar-refractivity contribution in [2.45, 2.75) is 32.3 Å². The van der Waals surface area contributed by atoms with Gasteiger partial charge in [0, 0.05) is 11.8 Å². The number of nitriles is 1. The van der Waals surface area contributed by atoms with E-state index in [-0.39, 0.29) is 11.4 Å². The van der Waals surface area contributed by atoms with Gasteiger partial charge in [0.05, 0.1) is 17.8 Å². The summed E-state index contributed by atoms with van der Waals surface area (Å²) in [4.78, 5) is 12.2. The Bertz CT molecular complexity index is 587. The first-order chi connectivity index (χ1) is 9.37. The number of hydrogen-bond donors (Lipinski definition) is 0. The van der Waals surface area contributed by atoms with Gasteiger partial charge in [0.2, 0.25) is 0 Å². The highest BCUT2D eigenvalue weighted by atomic mass is 16.5. The first-order valence-corrected chi connectivity index (χ1v) is 6.66. The standard InChI is InChI=1S/C17H19NO2/c1-5-12-7-17(20-10-13(12)6-2)8-14(9-18)15(19)16(3,4)11-17/h5-6,8H,1-2,7,10-11H2,3-4H3. The fraction of sp³-hybridized carbons (Fsp3) is 0.412. The number of allylic oxidation sites excluding steroid dienone is 2. The van der Waals surface area contributed by atoms with Gasteiger partial charge in [-0.05, 0) is 23.6 Å². The van der Waals surface area contributed by atoms with E-state index in [9.17, 15) is 10.1 Å². The number of hydrogen-bond acceptors (Lipinski definition) is 3. The molecule has 0 fully saturated rings. The van der Waals surface area contributed by atoms with E-state index in [0.29, 0.717) is 19.4 Å². The van der Waals surface area contributed by atoms with Gasteiger partial charge in [-0.1, -0.05) is 39.2 Å². The molecule has 1 spiro atoms. The lowest BCUT2D eigenvalue weighted by Crippen LogP contribution is -2.46. The van der Waals surface area contributed by atoms with Crippen LogP contribution in [0.5, 0.6) is 0 Å². The summed E-state index contributed by atoms with van der Waals surface area (Å²) in [5.74, 6) is -0.104. The van der Waals surface area contributed by atoms with Crippen molar-refractivity contribution < 1.29 is 9.53 Å². The summed E-state index contributed by atoms with van der Waals surface area (Å²) in [5.41, 5.74) is 1.12. The molecule has 0 saturated carbocycles. The second-order valence-electron chi connectivity index (χ2n) is 6.05. The normalized spacial score (nSPS) is 28.9. The minimum absolute atomic E-state index is 0.104. The van der Waals surface area contributed by atoms with Crippen molar-refractivity contribution in [2.75, 3.05) is 6.61 Å². The Labute approximate surface area is 119 Å². The molecule has 1 unspecified atom stereocenters. The number of nitrogens with zero attached hydrogens (tertiary/aromatic N) is 1. The highest BCUT2D eigenvalue weighted by Gasteiger charge is 2.47. The highest BCUT2D eigenvalue weighted by Crippen LogP contribution is 2.45. The summed E-state index contributed by atoms with van der Waals surface area (Å²) in [6.07, 6.45) is 6.48. The predicted octanol–water partition coefficient (Wildman–Crippen LogP) is 3.26. The number of ether oxygens (including phenoxy) is 1. The third-order valence-electron chi connectivity index (χ3n) is 4.04. The summed E-state index contributed by atoms with van der Waals surface area (Å²) in [6.45, 7) is 11.8. The second kappa shape index (κ2) is 4.88. The van der Waals surface area contributed by atoms with Crippen LogP contribution in [-0.2, 0) is 9.53 Å². The first kappa shape index (κ1) is 14.5. The monoisotopic (exact) mass is 269 g/mol. The summed E-state index contributed by atoms with van der Waals surface area (Å²) < 4.78 is 6.00. The van der Waals surface area contributed by atoms with Gasteiger partial charge in [0.15, 0.2) is 5.78 Å². The van der Waals surface area contributed by atoms with Gasteiger partial charge in [0.1, 0.15) is 6.07 Å². The van der Waals surface area contributed by atoms with Crippen LogP contribution in [0.3, 0.4) is 0 Å². The van der Waals surface area contributed by atoms with Crippen LogP contribution in [-0.4, -0.2) is 18.0 Å². The fourth-order valence-electron chi connectivity index (χ4n) is 3.06. The van der Waals surface area contributed by atoms with Crippen molar-refractivity contribution in [1.29, 1.82) is 5.26 Å². The zero-order valence-corrected chi connectivity index (χ0v) is 12.0. The fourth-order valence-corrected chi connectivity index (χ4v) is 3.06. The van der Waals surface area contributed by atoms with Gasteiger partial charge >= 0.3 is 0 Å². The van der Waals surface area contributed by atoms with Crippen LogP contribution in [0.1, 0.15) is 26.7 Å². The molecule has 1 aliphatic heterocycles. The summed E-state index contributed by atoms with van der Waals surface area (Å²) in [6, 6.07) is 2.01. The predicted molar refractivity (Wildman–Crippen MR) is 77.8 cm³/mol. The molecular weight excluding hydrogens is 250 g/mol. The van der Waals surface area contributed by atoms with Crippen molar-refractivity contribution in [3.8, 4) is 6.07 Å². The van der Waals surface area contributed by atoms with Gasteiger partial charge in [-0.25, -0.2) is 0 Å². The number of ketones is 1. The van der Waals surface area contributed by atoms with Crippen molar-refractivity contribution in [3.63, 3.8) is 0 Å². The van der Waals surface area contributed by atoms with E-state index in [4.69, 9.17) is 4.74 Å². The van der Waals surface area contributed by atoms with Crippen LogP contribution < -0.4 is 0 Å². The van der Waals surface area contributed by atoms with Crippen LogP contribution in [0.25, 0.3) is 0 Å². The van der Waals surface area contributed by atoms with E-state index in [2.05, 4.69) is 13.2 Å². The van der Waals surface area contributed by atoms with Crippen LogP contribution >= 0.6 is 0 Å². The molecule has 0 radical (unpaired) electrons. The molecule has 3 nitrogen and oxygen atoms in total. The lowest BCUT2D eigenvalue weighted by Gasteiger charge is -2.43.